The molecule has 1 heterocycles. The van der Waals surface area contributed by atoms with E-state index in [-0.39, 0.29) is 24.9 Å². The SMILES string of the molecule is CC(C)CNC(=S)N1CC(=O)NC(=O)C1. The summed E-state index contributed by atoms with van der Waals surface area (Å²) in [5.41, 5.74) is 0. The van der Waals surface area contributed by atoms with Crippen molar-refractivity contribution >= 4 is 29.1 Å². The molecule has 0 unspecified atom stereocenters. The van der Waals surface area contributed by atoms with Crippen molar-refractivity contribution in [2.24, 2.45) is 5.92 Å². The lowest BCUT2D eigenvalue weighted by atomic mass is 10.2. The smallest absolute Gasteiger partial charge is 0.246 e. The van der Waals surface area contributed by atoms with Crippen LogP contribution in [0.1, 0.15) is 13.8 Å². The molecule has 1 aliphatic rings. The fraction of sp³-hybridized carbons (Fsp3) is 0.667. The summed E-state index contributed by atoms with van der Waals surface area (Å²) in [4.78, 5) is 23.7. The average molecular weight is 229 g/mol. The summed E-state index contributed by atoms with van der Waals surface area (Å²) in [6, 6.07) is 0. The zero-order valence-electron chi connectivity index (χ0n) is 8.87. The molecular formula is C9H15N3O2S. The monoisotopic (exact) mass is 229 g/mol. The predicted molar refractivity (Wildman–Crippen MR) is 60.2 cm³/mol. The van der Waals surface area contributed by atoms with E-state index in [1.54, 1.807) is 4.90 Å². The molecule has 6 heteroatoms. The van der Waals surface area contributed by atoms with Gasteiger partial charge in [-0.15, -0.1) is 0 Å². The van der Waals surface area contributed by atoms with E-state index >= 15 is 0 Å². The van der Waals surface area contributed by atoms with Crippen molar-refractivity contribution in [2.75, 3.05) is 19.6 Å². The van der Waals surface area contributed by atoms with E-state index in [1.807, 2.05) is 0 Å². The Hall–Kier alpha value is -1.17. The average Bonchev–Trinajstić information content (AvgIpc) is 2.12. The second-order valence-electron chi connectivity index (χ2n) is 3.91. The molecule has 0 saturated carbocycles. The van der Waals surface area contributed by atoms with Crippen molar-refractivity contribution < 1.29 is 9.59 Å². The first-order valence-electron chi connectivity index (χ1n) is 4.84. The van der Waals surface area contributed by atoms with Crippen LogP contribution in [0.2, 0.25) is 0 Å². The number of carbonyl (C=O) groups excluding carboxylic acids is 2. The zero-order chi connectivity index (χ0) is 11.4. The maximum Gasteiger partial charge on any atom is 0.246 e. The van der Waals surface area contributed by atoms with Gasteiger partial charge in [0.2, 0.25) is 11.8 Å². The molecule has 2 N–H and O–H groups in total. The quantitative estimate of drug-likeness (QED) is 0.492. The Balaban J connectivity index is 2.45. The van der Waals surface area contributed by atoms with Gasteiger partial charge in [0.1, 0.15) is 0 Å². The summed E-state index contributed by atoms with van der Waals surface area (Å²) in [6.45, 7) is 5.16. The molecule has 0 aromatic heterocycles. The molecule has 0 spiro atoms. The molecule has 1 fully saturated rings. The van der Waals surface area contributed by atoms with Crippen molar-refractivity contribution in [3.05, 3.63) is 0 Å². The molecule has 15 heavy (non-hydrogen) atoms. The van der Waals surface area contributed by atoms with Crippen LogP contribution >= 0.6 is 12.2 Å². The number of nitrogens with one attached hydrogen (secondary N) is 2. The van der Waals surface area contributed by atoms with Crippen LogP contribution < -0.4 is 10.6 Å². The molecule has 0 radical (unpaired) electrons. The van der Waals surface area contributed by atoms with Crippen molar-refractivity contribution in [1.82, 2.24) is 15.5 Å². The zero-order valence-corrected chi connectivity index (χ0v) is 9.69. The third-order valence-electron chi connectivity index (χ3n) is 1.90. The Kier molecular flexibility index (Phi) is 4.02. The van der Waals surface area contributed by atoms with Crippen LogP contribution in [-0.2, 0) is 9.59 Å². The van der Waals surface area contributed by atoms with Crippen molar-refractivity contribution in [3.63, 3.8) is 0 Å². The largest absolute Gasteiger partial charge is 0.362 e. The number of amides is 2. The summed E-state index contributed by atoms with van der Waals surface area (Å²) in [7, 11) is 0. The summed E-state index contributed by atoms with van der Waals surface area (Å²) in [5.74, 6) is -0.142. The second kappa shape index (κ2) is 5.06. The van der Waals surface area contributed by atoms with Crippen molar-refractivity contribution in [2.45, 2.75) is 13.8 Å². The van der Waals surface area contributed by atoms with E-state index in [4.69, 9.17) is 12.2 Å². The number of hydrogen-bond donors (Lipinski definition) is 2. The van der Waals surface area contributed by atoms with Gasteiger partial charge in [0.15, 0.2) is 5.11 Å². The van der Waals surface area contributed by atoms with Crippen LogP contribution in [-0.4, -0.2) is 41.5 Å². The third kappa shape index (κ3) is 3.83. The fourth-order valence-corrected chi connectivity index (χ4v) is 1.40. The van der Waals surface area contributed by atoms with Gasteiger partial charge in [-0.25, -0.2) is 0 Å². The maximum absolute atomic E-state index is 11.1. The minimum atomic E-state index is -0.306. The minimum absolute atomic E-state index is 0.148. The van der Waals surface area contributed by atoms with E-state index in [1.165, 1.54) is 0 Å². The van der Waals surface area contributed by atoms with Gasteiger partial charge < -0.3 is 10.2 Å². The first-order valence-corrected chi connectivity index (χ1v) is 5.25. The predicted octanol–water partition coefficient (Wildman–Crippen LogP) is -0.525. The Morgan fingerprint density at radius 1 is 1.47 bits per heavy atom. The van der Waals surface area contributed by atoms with Crippen LogP contribution in [0.25, 0.3) is 0 Å². The summed E-state index contributed by atoms with van der Waals surface area (Å²) in [5, 5.41) is 5.70. The number of nitrogens with zero attached hydrogens (tertiary/aromatic N) is 1. The van der Waals surface area contributed by atoms with Crippen molar-refractivity contribution in [1.29, 1.82) is 0 Å². The van der Waals surface area contributed by atoms with Crippen LogP contribution in [0, 0.1) is 5.92 Å². The normalized spacial score (nSPS) is 16.6. The van der Waals surface area contributed by atoms with Crippen molar-refractivity contribution in [3.8, 4) is 0 Å². The van der Waals surface area contributed by atoms with Gasteiger partial charge in [-0.3, -0.25) is 14.9 Å². The lowest BCUT2D eigenvalue weighted by Crippen LogP contribution is -2.55. The van der Waals surface area contributed by atoms with Gasteiger partial charge in [0, 0.05) is 6.54 Å². The van der Waals surface area contributed by atoms with Gasteiger partial charge in [-0.2, -0.15) is 0 Å². The lowest BCUT2D eigenvalue weighted by molar-refractivity contribution is -0.134. The first kappa shape index (κ1) is 11.9. The molecule has 0 aliphatic carbocycles. The Morgan fingerprint density at radius 2 is 2.00 bits per heavy atom. The Bertz CT molecular complexity index is 275. The first-order chi connectivity index (χ1) is 6.99. The van der Waals surface area contributed by atoms with Crippen LogP contribution in [0.15, 0.2) is 0 Å². The van der Waals surface area contributed by atoms with E-state index in [0.717, 1.165) is 6.54 Å². The second-order valence-corrected chi connectivity index (χ2v) is 4.29. The van der Waals surface area contributed by atoms with E-state index in [0.29, 0.717) is 11.0 Å². The molecule has 84 valence electrons. The number of rotatable bonds is 2. The molecule has 1 saturated heterocycles. The van der Waals surface area contributed by atoms with Gasteiger partial charge in [-0.1, -0.05) is 13.8 Å². The highest BCUT2D eigenvalue weighted by atomic mass is 32.1. The lowest BCUT2D eigenvalue weighted by Gasteiger charge is -2.28. The highest BCUT2D eigenvalue weighted by Crippen LogP contribution is 1.97. The summed E-state index contributed by atoms with van der Waals surface area (Å²) in [6.07, 6.45) is 0. The number of imide groups is 1. The molecule has 0 atom stereocenters. The van der Waals surface area contributed by atoms with E-state index in [9.17, 15) is 9.59 Å². The molecule has 1 rings (SSSR count). The van der Waals surface area contributed by atoms with E-state index < -0.39 is 0 Å². The topological polar surface area (TPSA) is 61.4 Å². The number of carbonyl (C=O) groups is 2. The maximum atomic E-state index is 11.1. The summed E-state index contributed by atoms with van der Waals surface area (Å²) < 4.78 is 0. The Labute approximate surface area is 94.2 Å². The molecule has 1 aliphatic heterocycles. The molecule has 0 aromatic rings. The molecular weight excluding hydrogens is 214 g/mol. The van der Waals surface area contributed by atoms with Gasteiger partial charge in [0.25, 0.3) is 0 Å². The van der Waals surface area contributed by atoms with Gasteiger partial charge in [0.05, 0.1) is 13.1 Å². The molecule has 2 amide bonds. The van der Waals surface area contributed by atoms with Crippen LogP contribution in [0.5, 0.6) is 0 Å². The van der Waals surface area contributed by atoms with Crippen LogP contribution in [0.4, 0.5) is 0 Å². The van der Waals surface area contributed by atoms with Crippen LogP contribution in [0.3, 0.4) is 0 Å². The molecule has 0 bridgehead atoms. The highest BCUT2D eigenvalue weighted by Gasteiger charge is 2.23. The number of thiocarbonyl (C=S) groups is 1. The third-order valence-corrected chi connectivity index (χ3v) is 2.30. The van der Waals surface area contributed by atoms with Gasteiger partial charge in [-0.05, 0) is 18.1 Å². The highest BCUT2D eigenvalue weighted by molar-refractivity contribution is 7.80. The standard InChI is InChI=1S/C9H15N3O2S/c1-6(2)3-10-9(15)12-4-7(13)11-8(14)5-12/h6H,3-5H2,1-2H3,(H,10,15)(H,11,13,14). The van der Waals surface area contributed by atoms with Gasteiger partial charge >= 0.3 is 0 Å². The minimum Gasteiger partial charge on any atom is -0.362 e. The molecule has 0 aromatic carbocycles. The molecule has 5 nitrogen and oxygen atoms in total. The number of piperazine rings is 1. The number of hydrogen-bond acceptors (Lipinski definition) is 3. The van der Waals surface area contributed by atoms with E-state index in [2.05, 4.69) is 24.5 Å². The summed E-state index contributed by atoms with van der Waals surface area (Å²) >= 11 is 5.08. The fourth-order valence-electron chi connectivity index (χ4n) is 1.18. The Morgan fingerprint density at radius 3 is 2.47 bits per heavy atom.